The highest BCUT2D eigenvalue weighted by Crippen LogP contribution is 2.63. The Labute approximate surface area is 161 Å². The summed E-state index contributed by atoms with van der Waals surface area (Å²) in [6.45, 7) is -4.02. The van der Waals surface area contributed by atoms with Gasteiger partial charge in [0.15, 0.2) is 0 Å². The molecular weight excluding hydrogens is 371 g/mol. The van der Waals surface area contributed by atoms with Gasteiger partial charge in [0.05, 0.1) is 25.4 Å². The summed E-state index contributed by atoms with van der Waals surface area (Å²) in [5.74, 6) is -2.58. The number of ether oxygens (including phenoxy) is 1. The summed E-state index contributed by atoms with van der Waals surface area (Å²) < 4.78 is 18.3. The third-order valence-corrected chi connectivity index (χ3v) is 5.59. The zero-order valence-corrected chi connectivity index (χ0v) is 14.9. The molecule has 0 aromatic heterocycles. The number of carboxylic acids is 1. The van der Waals surface area contributed by atoms with Crippen molar-refractivity contribution in [2.24, 2.45) is 5.73 Å². The Morgan fingerprint density at radius 1 is 1.46 bits per heavy atom. The molecule has 0 unspecified atom stereocenters. The first-order valence-electron chi connectivity index (χ1n) is 9.65. The standard InChI is InChI=1S/C17H22BN2O8/c1-17(19,7-21)16(24)20-5-8(6-20)27-12-3-2-9-10-4-11(10)18(25,26)28-14(9)13(12)15(22)23/h2-3,8,10-11,21,25-26H,4-7,19H2,1H3,(H,22,23)/q-1/t10-,11-,17-/m0/s1/i1D. The highest BCUT2D eigenvalue weighted by atomic mass is 16.6. The third-order valence-electron chi connectivity index (χ3n) is 5.59. The number of hydrogen-bond donors (Lipinski definition) is 5. The molecule has 28 heavy (non-hydrogen) atoms. The molecule has 11 heteroatoms. The van der Waals surface area contributed by atoms with Crippen LogP contribution in [-0.4, -0.2) is 75.1 Å². The molecule has 6 N–H and O–H groups in total. The first-order valence-corrected chi connectivity index (χ1v) is 8.94. The number of carboxylic acid groups (broad SMARTS) is 1. The maximum absolute atomic E-state index is 12.3. The molecular formula is C17H22BN2O8-. The van der Waals surface area contributed by atoms with Crippen LogP contribution in [-0.2, 0) is 4.79 Å². The molecule has 3 atom stereocenters. The smallest absolute Gasteiger partial charge is 0.434 e. The lowest BCUT2D eigenvalue weighted by Crippen LogP contribution is -2.64. The van der Waals surface area contributed by atoms with Gasteiger partial charge in [0.25, 0.3) is 0 Å². The van der Waals surface area contributed by atoms with E-state index in [2.05, 4.69) is 0 Å². The predicted molar refractivity (Wildman–Crippen MR) is 96.0 cm³/mol. The zero-order chi connectivity index (χ0) is 21.1. The van der Waals surface area contributed by atoms with Crippen LogP contribution in [0.15, 0.2) is 12.1 Å². The van der Waals surface area contributed by atoms with Crippen molar-refractivity contribution in [3.63, 3.8) is 0 Å². The zero-order valence-electron chi connectivity index (χ0n) is 15.9. The SMILES string of the molecule is [2H]C[C@](N)(CO)C(=O)N1CC(Oc2ccc3c(c2C(=O)O)O[B-](O)(O)[C@H]2C[C@@H]32)C1. The lowest BCUT2D eigenvalue weighted by atomic mass is 9.68. The Morgan fingerprint density at radius 2 is 2.18 bits per heavy atom. The number of carbonyl (C=O) groups excluding carboxylic acids is 1. The second kappa shape index (κ2) is 6.08. The molecule has 2 heterocycles. The van der Waals surface area contributed by atoms with Gasteiger partial charge in [-0.3, -0.25) is 4.79 Å². The topological polar surface area (TPSA) is 163 Å². The highest BCUT2D eigenvalue weighted by molar-refractivity contribution is 6.62. The van der Waals surface area contributed by atoms with Gasteiger partial charge in [0, 0.05) is 1.37 Å². The highest BCUT2D eigenvalue weighted by Gasteiger charge is 2.55. The fourth-order valence-corrected chi connectivity index (χ4v) is 3.85. The number of carbonyl (C=O) groups is 2. The van der Waals surface area contributed by atoms with E-state index >= 15 is 0 Å². The van der Waals surface area contributed by atoms with E-state index in [4.69, 9.17) is 16.5 Å². The fraction of sp³-hybridized carbons (Fsp3) is 0.529. The van der Waals surface area contributed by atoms with Crippen molar-refractivity contribution >= 4 is 18.6 Å². The molecule has 1 aromatic rings. The van der Waals surface area contributed by atoms with Crippen molar-refractivity contribution in [3.05, 3.63) is 23.3 Å². The molecule has 1 aliphatic carbocycles. The molecule has 2 fully saturated rings. The van der Waals surface area contributed by atoms with E-state index in [9.17, 15) is 29.9 Å². The Morgan fingerprint density at radius 3 is 2.79 bits per heavy atom. The van der Waals surface area contributed by atoms with Crippen molar-refractivity contribution in [1.29, 1.82) is 0 Å². The number of nitrogens with zero attached hydrogens (tertiary/aromatic N) is 1. The Hall–Kier alpha value is -2.34. The number of nitrogens with two attached hydrogens (primary N) is 1. The first-order chi connectivity index (χ1) is 13.6. The lowest BCUT2D eigenvalue weighted by Gasteiger charge is -2.42. The van der Waals surface area contributed by atoms with Crippen LogP contribution in [0.4, 0.5) is 0 Å². The molecule has 0 bridgehead atoms. The van der Waals surface area contributed by atoms with E-state index in [0.29, 0.717) is 12.0 Å². The summed E-state index contributed by atoms with van der Waals surface area (Å²) in [5.41, 5.74) is 4.36. The van der Waals surface area contributed by atoms with Gasteiger partial charge in [-0.05, 0) is 24.4 Å². The molecule has 2 aliphatic heterocycles. The predicted octanol–water partition coefficient (Wildman–Crippen LogP) is -1.14. The van der Waals surface area contributed by atoms with Crippen LogP contribution in [0.1, 0.15) is 36.5 Å². The molecule has 3 aliphatic rings. The van der Waals surface area contributed by atoms with Gasteiger partial charge >= 0.3 is 12.7 Å². The summed E-state index contributed by atoms with van der Waals surface area (Å²) in [6.07, 6.45) is 0.000244. The quantitative estimate of drug-likeness (QED) is 0.388. The van der Waals surface area contributed by atoms with Crippen molar-refractivity contribution in [2.75, 3.05) is 19.7 Å². The Balaban J connectivity index is 1.51. The molecule has 4 rings (SSSR count). The summed E-state index contributed by atoms with van der Waals surface area (Å²) in [5, 5.41) is 39.0. The number of aliphatic hydroxyl groups excluding tert-OH is 1. The molecule has 1 aromatic carbocycles. The van der Waals surface area contributed by atoms with Crippen LogP contribution in [0.5, 0.6) is 11.5 Å². The fourth-order valence-electron chi connectivity index (χ4n) is 3.85. The minimum Gasteiger partial charge on any atom is -0.669 e. The van der Waals surface area contributed by atoms with Crippen LogP contribution in [0.2, 0.25) is 5.82 Å². The number of rotatable bonds is 5. The van der Waals surface area contributed by atoms with Crippen molar-refractivity contribution in [2.45, 2.75) is 36.7 Å². The third kappa shape index (κ3) is 2.91. The van der Waals surface area contributed by atoms with Crippen molar-refractivity contribution in [1.82, 2.24) is 4.90 Å². The van der Waals surface area contributed by atoms with Gasteiger partial charge in [0.1, 0.15) is 23.0 Å². The second-order valence-corrected chi connectivity index (χ2v) is 7.81. The number of aliphatic hydroxyl groups is 1. The van der Waals surface area contributed by atoms with Crippen LogP contribution in [0.3, 0.4) is 0 Å². The Bertz CT molecular complexity index is 871. The van der Waals surface area contributed by atoms with Crippen molar-refractivity contribution < 1.29 is 40.6 Å². The van der Waals surface area contributed by atoms with Gasteiger partial charge in [0.2, 0.25) is 5.91 Å². The average molecular weight is 394 g/mol. The summed E-state index contributed by atoms with van der Waals surface area (Å²) in [6, 6.07) is 3.16. The summed E-state index contributed by atoms with van der Waals surface area (Å²) in [7, 11) is 0. The number of hydrogen-bond acceptors (Lipinski definition) is 8. The van der Waals surface area contributed by atoms with Crippen LogP contribution < -0.4 is 15.1 Å². The normalized spacial score (nSPS) is 27.3. The maximum Gasteiger partial charge on any atom is 0.434 e. The van der Waals surface area contributed by atoms with E-state index < -0.39 is 49.6 Å². The Kier molecular flexibility index (Phi) is 3.85. The van der Waals surface area contributed by atoms with E-state index in [1.165, 1.54) is 11.0 Å². The first kappa shape index (κ1) is 17.7. The maximum atomic E-state index is 12.3. The number of benzene rings is 1. The van der Waals surface area contributed by atoms with E-state index in [0.717, 1.165) is 0 Å². The monoisotopic (exact) mass is 394 g/mol. The number of aromatic carboxylic acids is 1. The second-order valence-electron chi connectivity index (χ2n) is 7.81. The van der Waals surface area contributed by atoms with Gasteiger partial charge in [-0.2, -0.15) is 0 Å². The van der Waals surface area contributed by atoms with Gasteiger partial charge < -0.3 is 40.3 Å². The van der Waals surface area contributed by atoms with E-state index in [-0.39, 0.29) is 36.1 Å². The molecule has 0 spiro atoms. The number of amides is 1. The number of fused-ring (bicyclic) bond motifs is 3. The minimum absolute atomic E-state index is 0.000658. The molecule has 1 saturated heterocycles. The van der Waals surface area contributed by atoms with Crippen LogP contribution in [0, 0.1) is 0 Å². The average Bonchev–Trinajstić information content (AvgIpc) is 3.44. The van der Waals surface area contributed by atoms with Gasteiger partial charge in [-0.1, -0.05) is 18.3 Å². The molecule has 10 nitrogen and oxygen atoms in total. The molecule has 0 radical (unpaired) electrons. The summed E-state index contributed by atoms with van der Waals surface area (Å²) >= 11 is 0. The minimum atomic E-state index is -3.13. The van der Waals surface area contributed by atoms with Crippen molar-refractivity contribution in [3.8, 4) is 11.5 Å². The number of likely N-dealkylation sites (tertiary alicyclic amines) is 1. The summed E-state index contributed by atoms with van der Waals surface area (Å²) in [4.78, 5) is 25.5. The molecule has 1 saturated carbocycles. The van der Waals surface area contributed by atoms with Crippen LogP contribution >= 0.6 is 0 Å². The molecule has 1 amide bonds. The van der Waals surface area contributed by atoms with E-state index in [1.54, 1.807) is 6.07 Å². The van der Waals surface area contributed by atoms with Gasteiger partial charge in [-0.15, -0.1) is 0 Å². The van der Waals surface area contributed by atoms with Gasteiger partial charge in [-0.25, -0.2) is 4.79 Å². The van der Waals surface area contributed by atoms with E-state index in [1.807, 2.05) is 0 Å². The largest absolute Gasteiger partial charge is 0.669 e. The molecule has 152 valence electrons. The lowest BCUT2D eigenvalue weighted by molar-refractivity contribution is -0.146. The van der Waals surface area contributed by atoms with Crippen LogP contribution in [0.25, 0.3) is 0 Å².